The highest BCUT2D eigenvalue weighted by Gasteiger charge is 2.23. The maximum absolute atomic E-state index is 11.0. The summed E-state index contributed by atoms with van der Waals surface area (Å²) in [4.78, 5) is 21.6. The summed E-state index contributed by atoms with van der Waals surface area (Å²) in [6.07, 6.45) is -2.15. The van der Waals surface area contributed by atoms with Gasteiger partial charge in [-0.3, -0.25) is 4.79 Å². The fourth-order valence-corrected chi connectivity index (χ4v) is 0.673. The molecule has 5 heteroatoms. The lowest BCUT2D eigenvalue weighted by Crippen LogP contribution is -2.32. The fraction of sp³-hybridized carbons (Fsp3) is 0.778. The second-order valence-corrected chi connectivity index (χ2v) is 3.33. The van der Waals surface area contributed by atoms with Crippen LogP contribution in [0.25, 0.3) is 0 Å². The van der Waals surface area contributed by atoms with Crippen molar-refractivity contribution >= 4 is 11.9 Å². The standard InChI is InChI=1S/C9H16O5/c1-5(2)9(13-7(4)11)14-8(12)6(3)10/h5-6,9-10H,1-4H3. The summed E-state index contributed by atoms with van der Waals surface area (Å²) in [6, 6.07) is 0. The molecule has 2 unspecified atom stereocenters. The number of rotatable bonds is 4. The third-order valence-corrected chi connectivity index (χ3v) is 1.40. The fourth-order valence-electron chi connectivity index (χ4n) is 0.673. The lowest BCUT2D eigenvalue weighted by Gasteiger charge is -2.21. The first-order valence-corrected chi connectivity index (χ1v) is 4.40. The van der Waals surface area contributed by atoms with Crippen LogP contribution in [0.5, 0.6) is 0 Å². The van der Waals surface area contributed by atoms with E-state index in [2.05, 4.69) is 0 Å². The van der Waals surface area contributed by atoms with Crippen LogP contribution in [-0.2, 0) is 19.1 Å². The minimum Gasteiger partial charge on any atom is -0.425 e. The van der Waals surface area contributed by atoms with Gasteiger partial charge in [0.15, 0.2) is 0 Å². The van der Waals surface area contributed by atoms with Gasteiger partial charge in [-0.2, -0.15) is 0 Å². The van der Waals surface area contributed by atoms with Crippen LogP contribution in [0.15, 0.2) is 0 Å². The SMILES string of the molecule is CC(=O)OC(OC(=O)C(C)O)C(C)C. The first-order valence-electron chi connectivity index (χ1n) is 4.40. The Morgan fingerprint density at radius 3 is 1.93 bits per heavy atom. The van der Waals surface area contributed by atoms with E-state index in [1.54, 1.807) is 13.8 Å². The first kappa shape index (κ1) is 12.9. The van der Waals surface area contributed by atoms with E-state index in [1.165, 1.54) is 13.8 Å². The zero-order valence-corrected chi connectivity index (χ0v) is 8.81. The molecule has 0 fully saturated rings. The van der Waals surface area contributed by atoms with Crippen LogP contribution in [0, 0.1) is 5.92 Å². The number of hydrogen-bond donors (Lipinski definition) is 1. The van der Waals surface area contributed by atoms with E-state index in [1.807, 2.05) is 0 Å². The lowest BCUT2D eigenvalue weighted by molar-refractivity contribution is -0.199. The second kappa shape index (κ2) is 5.59. The molecule has 0 radical (unpaired) electrons. The summed E-state index contributed by atoms with van der Waals surface area (Å²) in [7, 11) is 0. The molecule has 14 heavy (non-hydrogen) atoms. The van der Waals surface area contributed by atoms with Gasteiger partial charge in [-0.1, -0.05) is 13.8 Å². The highest BCUT2D eigenvalue weighted by atomic mass is 16.7. The van der Waals surface area contributed by atoms with Crippen LogP contribution in [0.3, 0.4) is 0 Å². The molecule has 0 saturated heterocycles. The average molecular weight is 204 g/mol. The predicted molar refractivity (Wildman–Crippen MR) is 48.2 cm³/mol. The molecule has 0 aliphatic heterocycles. The third kappa shape index (κ3) is 4.81. The molecule has 0 bridgehead atoms. The molecule has 0 spiro atoms. The number of carbonyl (C=O) groups excluding carboxylic acids is 2. The molecule has 0 rings (SSSR count). The molecule has 5 nitrogen and oxygen atoms in total. The highest BCUT2D eigenvalue weighted by Crippen LogP contribution is 2.09. The minimum atomic E-state index is -1.22. The molecule has 0 aliphatic rings. The Kier molecular flexibility index (Phi) is 5.15. The van der Waals surface area contributed by atoms with Crippen molar-refractivity contribution in [2.75, 3.05) is 0 Å². The van der Waals surface area contributed by atoms with Crippen LogP contribution in [-0.4, -0.2) is 29.4 Å². The summed E-state index contributed by atoms with van der Waals surface area (Å²) in [5, 5.41) is 8.87. The van der Waals surface area contributed by atoms with Gasteiger partial charge in [0.25, 0.3) is 0 Å². The zero-order valence-electron chi connectivity index (χ0n) is 8.81. The van der Waals surface area contributed by atoms with Gasteiger partial charge in [-0.05, 0) is 6.92 Å². The van der Waals surface area contributed by atoms with Crippen molar-refractivity contribution in [3.63, 3.8) is 0 Å². The molecule has 0 aliphatic carbocycles. The number of aliphatic hydroxyl groups is 1. The Morgan fingerprint density at radius 2 is 1.64 bits per heavy atom. The van der Waals surface area contributed by atoms with Crippen molar-refractivity contribution in [1.82, 2.24) is 0 Å². The van der Waals surface area contributed by atoms with Crippen molar-refractivity contribution in [3.8, 4) is 0 Å². The zero-order chi connectivity index (χ0) is 11.3. The quantitative estimate of drug-likeness (QED) is 0.532. The Bertz CT molecular complexity index is 209. The average Bonchev–Trinajstić information content (AvgIpc) is 2.01. The number of hydrogen-bond acceptors (Lipinski definition) is 5. The summed E-state index contributed by atoms with van der Waals surface area (Å²) >= 11 is 0. The summed E-state index contributed by atoms with van der Waals surface area (Å²) < 4.78 is 9.49. The molecule has 0 amide bonds. The van der Waals surface area contributed by atoms with Crippen molar-refractivity contribution in [1.29, 1.82) is 0 Å². The van der Waals surface area contributed by atoms with E-state index >= 15 is 0 Å². The maximum Gasteiger partial charge on any atom is 0.337 e. The van der Waals surface area contributed by atoms with E-state index in [4.69, 9.17) is 14.6 Å². The predicted octanol–water partition coefficient (Wildman–Crippen LogP) is 0.456. The van der Waals surface area contributed by atoms with Crippen LogP contribution >= 0.6 is 0 Å². The molecule has 1 N–H and O–H groups in total. The summed E-state index contributed by atoms with van der Waals surface area (Å²) in [5.74, 6) is -1.48. The normalized spacial score (nSPS) is 14.7. The van der Waals surface area contributed by atoms with Crippen molar-refractivity contribution in [3.05, 3.63) is 0 Å². The van der Waals surface area contributed by atoms with Crippen molar-refractivity contribution < 1.29 is 24.2 Å². The molecule has 0 aromatic carbocycles. The van der Waals surface area contributed by atoms with Gasteiger partial charge in [0.05, 0.1) is 0 Å². The van der Waals surface area contributed by atoms with Gasteiger partial charge in [-0.25, -0.2) is 4.79 Å². The molecular formula is C9H16O5. The van der Waals surface area contributed by atoms with Crippen LogP contribution < -0.4 is 0 Å². The van der Waals surface area contributed by atoms with Gasteiger partial charge in [0.2, 0.25) is 6.29 Å². The van der Waals surface area contributed by atoms with E-state index < -0.39 is 24.3 Å². The largest absolute Gasteiger partial charge is 0.425 e. The molecule has 0 aromatic rings. The second-order valence-electron chi connectivity index (χ2n) is 3.33. The lowest BCUT2D eigenvalue weighted by atomic mass is 10.2. The van der Waals surface area contributed by atoms with Gasteiger partial charge in [0, 0.05) is 12.8 Å². The van der Waals surface area contributed by atoms with Gasteiger partial charge >= 0.3 is 11.9 Å². The molecule has 0 saturated carbocycles. The minimum absolute atomic E-state index is 0.151. The van der Waals surface area contributed by atoms with Gasteiger partial charge < -0.3 is 14.6 Å². The van der Waals surface area contributed by atoms with E-state index in [9.17, 15) is 9.59 Å². The monoisotopic (exact) mass is 204 g/mol. The third-order valence-electron chi connectivity index (χ3n) is 1.40. The van der Waals surface area contributed by atoms with Crippen LogP contribution in [0.4, 0.5) is 0 Å². The maximum atomic E-state index is 11.0. The Labute approximate surface area is 83.0 Å². The molecular weight excluding hydrogens is 188 g/mol. The summed E-state index contributed by atoms with van der Waals surface area (Å²) in [5.41, 5.74) is 0. The number of ether oxygens (including phenoxy) is 2. The highest BCUT2D eigenvalue weighted by molar-refractivity contribution is 5.74. The Morgan fingerprint density at radius 1 is 1.14 bits per heavy atom. The van der Waals surface area contributed by atoms with Gasteiger partial charge in [-0.15, -0.1) is 0 Å². The van der Waals surface area contributed by atoms with Crippen molar-refractivity contribution in [2.45, 2.75) is 40.1 Å². The first-order chi connectivity index (χ1) is 6.34. The van der Waals surface area contributed by atoms with E-state index in [0.717, 1.165) is 0 Å². The number of esters is 2. The number of carbonyl (C=O) groups is 2. The van der Waals surface area contributed by atoms with Crippen LogP contribution in [0.1, 0.15) is 27.7 Å². The Hall–Kier alpha value is -1.10. The van der Waals surface area contributed by atoms with E-state index in [0.29, 0.717) is 0 Å². The number of aliphatic hydroxyl groups excluding tert-OH is 1. The topological polar surface area (TPSA) is 72.8 Å². The van der Waals surface area contributed by atoms with Gasteiger partial charge in [0.1, 0.15) is 6.10 Å². The molecule has 82 valence electrons. The Balaban J connectivity index is 4.23. The molecule has 2 atom stereocenters. The van der Waals surface area contributed by atoms with E-state index in [-0.39, 0.29) is 5.92 Å². The van der Waals surface area contributed by atoms with Crippen LogP contribution in [0.2, 0.25) is 0 Å². The van der Waals surface area contributed by atoms with Crippen molar-refractivity contribution in [2.24, 2.45) is 5.92 Å². The summed E-state index contributed by atoms with van der Waals surface area (Å²) in [6.45, 7) is 5.99. The molecule has 0 aromatic heterocycles. The smallest absolute Gasteiger partial charge is 0.337 e. The molecule has 0 heterocycles.